The van der Waals surface area contributed by atoms with E-state index >= 15 is 0 Å². The molecule has 0 N–H and O–H groups in total. The van der Waals surface area contributed by atoms with Crippen LogP contribution in [-0.4, -0.2) is 6.10 Å². The summed E-state index contributed by atoms with van der Waals surface area (Å²) in [6.45, 7) is 21.8. The Hall–Kier alpha value is -0.980. The van der Waals surface area contributed by atoms with E-state index in [2.05, 4.69) is 47.4 Å². The highest BCUT2D eigenvalue weighted by molar-refractivity contribution is 5.06. The summed E-state index contributed by atoms with van der Waals surface area (Å²) in [5, 5.41) is 0. The number of ether oxygens (including phenoxy) is 1. The van der Waals surface area contributed by atoms with Crippen LogP contribution in [0.2, 0.25) is 0 Å². The Kier molecular flexibility index (Phi) is 6.78. The first-order chi connectivity index (χ1) is 11.3. The summed E-state index contributed by atoms with van der Waals surface area (Å²) in [4.78, 5) is 0. The van der Waals surface area contributed by atoms with Gasteiger partial charge in [0.25, 0.3) is 0 Å². The number of hydrogen-bond donors (Lipinski definition) is 0. The second-order valence-electron chi connectivity index (χ2n) is 8.90. The van der Waals surface area contributed by atoms with Crippen LogP contribution in [0.1, 0.15) is 72.6 Å². The summed E-state index contributed by atoms with van der Waals surface area (Å²) in [6, 6.07) is 0. The lowest BCUT2D eigenvalue weighted by Crippen LogP contribution is -2.32. The second-order valence-corrected chi connectivity index (χ2v) is 8.90. The van der Waals surface area contributed by atoms with Crippen molar-refractivity contribution >= 4 is 0 Å². The predicted molar refractivity (Wildman–Crippen MR) is 105 cm³/mol. The largest absolute Gasteiger partial charge is 0.495 e. The smallest absolute Gasteiger partial charge is 0.105 e. The van der Waals surface area contributed by atoms with Crippen LogP contribution >= 0.6 is 0 Å². The lowest BCUT2D eigenvalue weighted by atomic mass is 9.70. The number of allylic oxidation sites excluding steroid dienone is 2. The maximum Gasteiger partial charge on any atom is 0.105 e. The van der Waals surface area contributed by atoms with Crippen LogP contribution in [-0.2, 0) is 4.74 Å². The lowest BCUT2D eigenvalue weighted by Gasteiger charge is -2.38. The monoisotopic (exact) mass is 330 g/mol. The highest BCUT2D eigenvalue weighted by Gasteiger charge is 2.33. The van der Waals surface area contributed by atoms with E-state index in [1.165, 1.54) is 43.3 Å². The first-order valence-corrected chi connectivity index (χ1v) is 9.93. The summed E-state index contributed by atoms with van der Waals surface area (Å²) < 4.78 is 6.42. The Labute approximate surface area is 150 Å². The Morgan fingerprint density at radius 1 is 0.833 bits per heavy atom. The minimum absolute atomic E-state index is 0.281. The van der Waals surface area contributed by atoms with Gasteiger partial charge in [0.2, 0.25) is 0 Å². The van der Waals surface area contributed by atoms with Gasteiger partial charge in [0, 0.05) is 12.3 Å². The Morgan fingerprint density at radius 2 is 1.38 bits per heavy atom. The van der Waals surface area contributed by atoms with E-state index in [4.69, 9.17) is 4.74 Å². The maximum absolute atomic E-state index is 6.42. The molecule has 2 rings (SSSR count). The van der Waals surface area contributed by atoms with Crippen LogP contribution in [0, 0.1) is 29.6 Å². The van der Waals surface area contributed by atoms with Crippen LogP contribution in [0.4, 0.5) is 0 Å². The van der Waals surface area contributed by atoms with Crippen molar-refractivity contribution < 1.29 is 4.74 Å². The zero-order chi connectivity index (χ0) is 17.9. The third-order valence-electron chi connectivity index (χ3n) is 6.37. The highest BCUT2D eigenvalue weighted by Crippen LogP contribution is 2.42. The van der Waals surface area contributed by atoms with E-state index in [0.717, 1.165) is 30.4 Å². The molecule has 0 spiro atoms. The molecule has 24 heavy (non-hydrogen) atoms. The fourth-order valence-corrected chi connectivity index (χ4v) is 4.95. The maximum atomic E-state index is 6.42. The molecule has 0 amide bonds. The van der Waals surface area contributed by atoms with Crippen LogP contribution in [0.5, 0.6) is 0 Å². The van der Waals surface area contributed by atoms with E-state index in [0.29, 0.717) is 17.8 Å². The first kappa shape index (κ1) is 19.3. The minimum atomic E-state index is 0.281. The molecule has 1 heteroatoms. The predicted octanol–water partition coefficient (Wildman–Crippen LogP) is 6.92. The topological polar surface area (TPSA) is 9.23 Å². The number of hydrogen-bond acceptors (Lipinski definition) is 1. The van der Waals surface area contributed by atoms with E-state index in [1.54, 1.807) is 0 Å². The molecule has 6 atom stereocenters. The molecule has 2 aliphatic carbocycles. The molecular weight excluding hydrogens is 292 g/mol. The van der Waals surface area contributed by atoms with Gasteiger partial charge in [-0.2, -0.15) is 0 Å². The summed E-state index contributed by atoms with van der Waals surface area (Å²) in [5.74, 6) is 4.35. The van der Waals surface area contributed by atoms with Gasteiger partial charge in [0.05, 0.1) is 5.76 Å². The molecule has 0 aromatic heterocycles. The van der Waals surface area contributed by atoms with Crippen molar-refractivity contribution in [2.45, 2.75) is 78.7 Å². The Bertz CT molecular complexity index is 432. The summed E-state index contributed by atoms with van der Waals surface area (Å²) in [5.41, 5.74) is 2.61. The molecule has 0 unspecified atom stereocenters. The van der Waals surface area contributed by atoms with Crippen LogP contribution in [0.15, 0.2) is 36.6 Å². The average Bonchev–Trinajstić information content (AvgIpc) is 2.46. The van der Waals surface area contributed by atoms with E-state index in [-0.39, 0.29) is 6.10 Å². The fourth-order valence-electron chi connectivity index (χ4n) is 4.95. The van der Waals surface area contributed by atoms with Gasteiger partial charge in [0.1, 0.15) is 6.10 Å². The van der Waals surface area contributed by atoms with Gasteiger partial charge in [-0.05, 0) is 69.6 Å². The van der Waals surface area contributed by atoms with Crippen LogP contribution < -0.4 is 0 Å². The van der Waals surface area contributed by atoms with Gasteiger partial charge in [0.15, 0.2) is 0 Å². The SMILES string of the molecule is C=C(C[C@@H]1C[C@H](C)CC[C@H]1C(=C)C)O[C@@H]1C[C@H](C)CC[C@H]1C(=C)C. The quantitative estimate of drug-likeness (QED) is 0.379. The molecule has 0 aromatic carbocycles. The van der Waals surface area contributed by atoms with Gasteiger partial charge in [-0.1, -0.05) is 51.2 Å². The number of rotatable bonds is 6. The van der Waals surface area contributed by atoms with Crippen molar-refractivity contribution in [3.8, 4) is 0 Å². The van der Waals surface area contributed by atoms with Gasteiger partial charge in [-0.3, -0.25) is 0 Å². The van der Waals surface area contributed by atoms with Gasteiger partial charge in [-0.25, -0.2) is 0 Å². The highest BCUT2D eigenvalue weighted by atomic mass is 16.5. The third-order valence-corrected chi connectivity index (χ3v) is 6.37. The zero-order valence-electron chi connectivity index (χ0n) is 16.4. The lowest BCUT2D eigenvalue weighted by molar-refractivity contribution is 0.0210. The molecule has 2 aliphatic rings. The van der Waals surface area contributed by atoms with E-state index in [9.17, 15) is 0 Å². The normalized spacial score (nSPS) is 36.8. The van der Waals surface area contributed by atoms with Crippen molar-refractivity contribution in [3.63, 3.8) is 0 Å². The molecule has 2 saturated carbocycles. The summed E-state index contributed by atoms with van der Waals surface area (Å²) in [6.07, 6.45) is 8.82. The molecule has 0 heterocycles. The van der Waals surface area contributed by atoms with Crippen LogP contribution in [0.25, 0.3) is 0 Å². The standard InChI is InChI=1S/C23H38O/c1-15(2)21-10-8-17(5)12-20(21)14-19(7)24-23-13-18(6)9-11-22(23)16(3)4/h17-18,20-23H,1,3,7-14H2,2,4-6H3/t17-,18-,20+,21+,22+,23-/m1/s1. The van der Waals surface area contributed by atoms with Crippen molar-refractivity contribution in [3.05, 3.63) is 36.6 Å². The fraction of sp³-hybridized carbons (Fsp3) is 0.739. The third kappa shape index (κ3) is 5.01. The molecule has 136 valence electrons. The molecule has 1 nitrogen and oxygen atoms in total. The van der Waals surface area contributed by atoms with Gasteiger partial charge < -0.3 is 4.74 Å². The van der Waals surface area contributed by atoms with Crippen molar-refractivity contribution in [1.82, 2.24) is 0 Å². The van der Waals surface area contributed by atoms with Crippen molar-refractivity contribution in [2.24, 2.45) is 29.6 Å². The molecule has 0 bridgehead atoms. The first-order valence-electron chi connectivity index (χ1n) is 9.93. The Morgan fingerprint density at radius 3 is 1.96 bits per heavy atom. The molecule has 0 aliphatic heterocycles. The summed E-state index contributed by atoms with van der Waals surface area (Å²) >= 11 is 0. The molecule has 0 aromatic rings. The average molecular weight is 331 g/mol. The van der Waals surface area contributed by atoms with E-state index < -0.39 is 0 Å². The molecule has 0 radical (unpaired) electrons. The van der Waals surface area contributed by atoms with Gasteiger partial charge in [-0.15, -0.1) is 0 Å². The molecular formula is C23H38O. The molecule has 0 saturated heterocycles. The minimum Gasteiger partial charge on any atom is -0.495 e. The molecule has 2 fully saturated rings. The van der Waals surface area contributed by atoms with Gasteiger partial charge >= 0.3 is 0 Å². The van der Waals surface area contributed by atoms with Crippen molar-refractivity contribution in [2.75, 3.05) is 0 Å². The summed E-state index contributed by atoms with van der Waals surface area (Å²) in [7, 11) is 0. The second kappa shape index (κ2) is 8.41. The van der Waals surface area contributed by atoms with Crippen molar-refractivity contribution in [1.29, 1.82) is 0 Å². The zero-order valence-corrected chi connectivity index (χ0v) is 16.4. The Balaban J connectivity index is 1.97. The van der Waals surface area contributed by atoms with E-state index in [1.807, 2.05) is 0 Å². The van der Waals surface area contributed by atoms with Crippen LogP contribution in [0.3, 0.4) is 0 Å².